The molecule has 0 spiro atoms. The summed E-state index contributed by atoms with van der Waals surface area (Å²) in [5.74, 6) is 0. The molecule has 0 radical (unpaired) electrons. The van der Waals surface area contributed by atoms with Crippen LogP contribution in [0.2, 0.25) is 5.02 Å². The lowest BCUT2D eigenvalue weighted by atomic mass is 9.95. The van der Waals surface area contributed by atoms with Crippen molar-refractivity contribution in [2.45, 2.75) is 12.1 Å². The summed E-state index contributed by atoms with van der Waals surface area (Å²) >= 11 is 5.95. The van der Waals surface area contributed by atoms with Crippen LogP contribution in [0.1, 0.15) is 23.3 Å². The molecule has 0 aliphatic carbocycles. The second-order valence-corrected chi connectivity index (χ2v) is 5.83. The number of halogens is 1. The maximum absolute atomic E-state index is 10.9. The Morgan fingerprint density at radius 3 is 1.78 bits per heavy atom. The SMILES string of the molecule is O[C@@H](c1ccccc1)[C@@H](Nc1ccc(Cl)cc1)c1ccccc1. The molecule has 0 bridgehead atoms. The fourth-order valence-electron chi connectivity index (χ4n) is 2.57. The summed E-state index contributed by atoms with van der Waals surface area (Å²) in [5, 5.41) is 15.0. The van der Waals surface area contributed by atoms with Crippen LogP contribution in [0.25, 0.3) is 0 Å². The lowest BCUT2D eigenvalue weighted by Gasteiger charge is -2.26. The van der Waals surface area contributed by atoms with Crippen LogP contribution < -0.4 is 5.32 Å². The first kappa shape index (κ1) is 15.6. The number of nitrogens with one attached hydrogen (secondary N) is 1. The Morgan fingerprint density at radius 1 is 0.696 bits per heavy atom. The van der Waals surface area contributed by atoms with Gasteiger partial charge in [0.1, 0.15) is 6.10 Å². The number of anilines is 1. The number of hydrogen-bond donors (Lipinski definition) is 2. The highest BCUT2D eigenvalue weighted by Crippen LogP contribution is 2.32. The second-order valence-electron chi connectivity index (χ2n) is 5.40. The third kappa shape index (κ3) is 3.92. The summed E-state index contributed by atoms with van der Waals surface area (Å²) in [5.41, 5.74) is 2.82. The zero-order valence-electron chi connectivity index (χ0n) is 12.6. The fraction of sp³-hybridized carbons (Fsp3) is 0.100. The van der Waals surface area contributed by atoms with Gasteiger partial charge in [-0.25, -0.2) is 0 Å². The molecule has 2 nitrogen and oxygen atoms in total. The van der Waals surface area contributed by atoms with Gasteiger partial charge in [0.05, 0.1) is 6.04 Å². The second kappa shape index (κ2) is 7.32. The van der Waals surface area contributed by atoms with Crippen molar-refractivity contribution in [2.75, 3.05) is 5.32 Å². The van der Waals surface area contributed by atoms with Crippen LogP contribution in [0.15, 0.2) is 84.9 Å². The number of aliphatic hydroxyl groups is 1. The molecule has 0 unspecified atom stereocenters. The van der Waals surface area contributed by atoms with E-state index in [-0.39, 0.29) is 6.04 Å². The van der Waals surface area contributed by atoms with Crippen molar-refractivity contribution in [2.24, 2.45) is 0 Å². The summed E-state index contributed by atoms with van der Waals surface area (Å²) in [7, 11) is 0. The Morgan fingerprint density at radius 2 is 1.22 bits per heavy atom. The average molecular weight is 324 g/mol. The predicted molar refractivity (Wildman–Crippen MR) is 95.7 cm³/mol. The summed E-state index contributed by atoms with van der Waals surface area (Å²) in [4.78, 5) is 0. The van der Waals surface area contributed by atoms with E-state index in [0.29, 0.717) is 5.02 Å². The molecular weight excluding hydrogens is 306 g/mol. The minimum atomic E-state index is -0.658. The van der Waals surface area contributed by atoms with Gasteiger partial charge in [-0.1, -0.05) is 72.3 Å². The van der Waals surface area contributed by atoms with Gasteiger partial charge in [0, 0.05) is 10.7 Å². The van der Waals surface area contributed by atoms with Gasteiger partial charge in [-0.15, -0.1) is 0 Å². The van der Waals surface area contributed by atoms with E-state index in [1.54, 1.807) is 0 Å². The fourth-order valence-corrected chi connectivity index (χ4v) is 2.70. The molecule has 0 heterocycles. The smallest absolute Gasteiger partial charge is 0.103 e. The molecule has 3 aromatic carbocycles. The lowest BCUT2D eigenvalue weighted by molar-refractivity contribution is 0.155. The van der Waals surface area contributed by atoms with Crippen LogP contribution >= 0.6 is 11.6 Å². The number of aliphatic hydroxyl groups excluding tert-OH is 1. The minimum absolute atomic E-state index is 0.250. The maximum Gasteiger partial charge on any atom is 0.103 e. The molecule has 23 heavy (non-hydrogen) atoms. The molecule has 3 heteroatoms. The summed E-state index contributed by atoms with van der Waals surface area (Å²) in [6.07, 6.45) is -0.658. The van der Waals surface area contributed by atoms with Gasteiger partial charge in [-0.2, -0.15) is 0 Å². The minimum Gasteiger partial charge on any atom is -0.386 e. The number of rotatable bonds is 5. The molecule has 3 aromatic rings. The van der Waals surface area contributed by atoms with E-state index < -0.39 is 6.10 Å². The van der Waals surface area contributed by atoms with Crippen molar-refractivity contribution in [3.8, 4) is 0 Å². The zero-order chi connectivity index (χ0) is 16.1. The first-order chi connectivity index (χ1) is 11.2. The molecular formula is C20H18ClNO. The normalized spacial score (nSPS) is 13.3. The molecule has 0 saturated heterocycles. The highest BCUT2D eigenvalue weighted by Gasteiger charge is 2.22. The van der Waals surface area contributed by atoms with E-state index in [1.807, 2.05) is 84.9 Å². The Balaban J connectivity index is 1.92. The van der Waals surface area contributed by atoms with E-state index in [9.17, 15) is 5.11 Å². The Labute approximate surface area is 141 Å². The summed E-state index contributed by atoms with van der Waals surface area (Å²) in [6.45, 7) is 0. The van der Waals surface area contributed by atoms with Crippen molar-refractivity contribution in [1.82, 2.24) is 0 Å². The van der Waals surface area contributed by atoms with Gasteiger partial charge in [-0.3, -0.25) is 0 Å². The Bertz CT molecular complexity index is 729. The summed E-state index contributed by atoms with van der Waals surface area (Å²) < 4.78 is 0. The third-order valence-corrected chi connectivity index (χ3v) is 4.03. The van der Waals surface area contributed by atoms with E-state index >= 15 is 0 Å². The molecule has 3 rings (SSSR count). The Hall–Kier alpha value is -2.29. The molecule has 2 atom stereocenters. The van der Waals surface area contributed by atoms with E-state index in [2.05, 4.69) is 5.32 Å². The van der Waals surface area contributed by atoms with E-state index in [1.165, 1.54) is 0 Å². The topological polar surface area (TPSA) is 32.3 Å². The largest absolute Gasteiger partial charge is 0.386 e. The number of benzene rings is 3. The maximum atomic E-state index is 10.9. The zero-order valence-corrected chi connectivity index (χ0v) is 13.3. The van der Waals surface area contributed by atoms with Gasteiger partial charge < -0.3 is 10.4 Å². The summed E-state index contributed by atoms with van der Waals surface area (Å²) in [6, 6.07) is 26.9. The first-order valence-electron chi connectivity index (χ1n) is 7.54. The van der Waals surface area contributed by atoms with Crippen LogP contribution in [0.4, 0.5) is 5.69 Å². The van der Waals surface area contributed by atoms with Gasteiger partial charge in [0.15, 0.2) is 0 Å². The van der Waals surface area contributed by atoms with Crippen LogP contribution in [0, 0.1) is 0 Å². The quantitative estimate of drug-likeness (QED) is 0.674. The van der Waals surface area contributed by atoms with Crippen LogP contribution in [0.3, 0.4) is 0 Å². The highest BCUT2D eigenvalue weighted by molar-refractivity contribution is 6.30. The van der Waals surface area contributed by atoms with E-state index in [0.717, 1.165) is 16.8 Å². The van der Waals surface area contributed by atoms with Crippen molar-refractivity contribution in [3.63, 3.8) is 0 Å². The first-order valence-corrected chi connectivity index (χ1v) is 7.92. The molecule has 2 N–H and O–H groups in total. The molecule has 0 aromatic heterocycles. The molecule has 116 valence electrons. The third-order valence-electron chi connectivity index (χ3n) is 3.78. The standard InChI is InChI=1S/C20H18ClNO/c21-17-11-13-18(14-12-17)22-19(15-7-3-1-4-8-15)20(23)16-9-5-2-6-10-16/h1-14,19-20,22-23H/t19-,20-/m0/s1. The monoisotopic (exact) mass is 323 g/mol. The van der Waals surface area contributed by atoms with E-state index in [4.69, 9.17) is 11.6 Å². The van der Waals surface area contributed by atoms with Crippen molar-refractivity contribution in [3.05, 3.63) is 101 Å². The van der Waals surface area contributed by atoms with Crippen molar-refractivity contribution < 1.29 is 5.11 Å². The van der Waals surface area contributed by atoms with Crippen LogP contribution in [-0.4, -0.2) is 5.11 Å². The van der Waals surface area contributed by atoms with Gasteiger partial charge in [0.25, 0.3) is 0 Å². The van der Waals surface area contributed by atoms with Gasteiger partial charge in [0.2, 0.25) is 0 Å². The van der Waals surface area contributed by atoms with Crippen LogP contribution in [-0.2, 0) is 0 Å². The Kier molecular flexibility index (Phi) is 4.96. The predicted octanol–water partition coefficient (Wildman–Crippen LogP) is 5.23. The molecule has 0 amide bonds. The lowest BCUT2D eigenvalue weighted by Crippen LogP contribution is -2.19. The molecule has 0 saturated carbocycles. The highest BCUT2D eigenvalue weighted by atomic mass is 35.5. The molecule has 0 aliphatic heterocycles. The van der Waals surface area contributed by atoms with Gasteiger partial charge in [-0.05, 0) is 35.4 Å². The molecule has 0 fully saturated rings. The van der Waals surface area contributed by atoms with Crippen molar-refractivity contribution >= 4 is 17.3 Å². The van der Waals surface area contributed by atoms with Crippen LogP contribution in [0.5, 0.6) is 0 Å². The average Bonchev–Trinajstić information content (AvgIpc) is 2.62. The molecule has 0 aliphatic rings. The van der Waals surface area contributed by atoms with Crippen molar-refractivity contribution in [1.29, 1.82) is 0 Å². The number of hydrogen-bond acceptors (Lipinski definition) is 2. The van der Waals surface area contributed by atoms with Gasteiger partial charge >= 0.3 is 0 Å².